The molecule has 1 fully saturated rings. The number of sulfonamides is 1. The smallest absolute Gasteiger partial charge is 0.246 e. The van der Waals surface area contributed by atoms with Crippen LogP contribution in [0.15, 0.2) is 89.8 Å². The molecular formula is C26H28FN3O3S. The number of nitrogens with one attached hydrogen (secondary N) is 1. The van der Waals surface area contributed by atoms with E-state index in [0.717, 1.165) is 17.2 Å². The molecule has 6 nitrogen and oxygen atoms in total. The normalized spacial score (nSPS) is 16.3. The fraction of sp³-hybridized carbons (Fsp3) is 0.269. The first-order valence-corrected chi connectivity index (χ1v) is 12.7. The zero-order chi connectivity index (χ0) is 24.1. The molecule has 0 saturated carbocycles. The third-order valence-corrected chi connectivity index (χ3v) is 8.14. The summed E-state index contributed by atoms with van der Waals surface area (Å²) in [6, 6.07) is 24.2. The Hall–Kier alpha value is -3.07. The maximum atomic E-state index is 14.1. The fourth-order valence-electron chi connectivity index (χ4n) is 4.20. The van der Waals surface area contributed by atoms with Crippen LogP contribution in [0.1, 0.15) is 24.1 Å². The molecule has 1 heterocycles. The monoisotopic (exact) mass is 481 g/mol. The molecule has 3 aromatic rings. The molecule has 4 rings (SSSR count). The van der Waals surface area contributed by atoms with Gasteiger partial charge in [0.15, 0.2) is 0 Å². The molecule has 0 spiro atoms. The Labute approximate surface area is 200 Å². The van der Waals surface area contributed by atoms with Gasteiger partial charge in [0, 0.05) is 26.2 Å². The predicted octanol–water partition coefficient (Wildman–Crippen LogP) is 3.43. The van der Waals surface area contributed by atoms with Gasteiger partial charge < -0.3 is 5.32 Å². The van der Waals surface area contributed by atoms with E-state index in [1.807, 2.05) is 72.5 Å². The highest BCUT2D eigenvalue weighted by molar-refractivity contribution is 7.89. The first kappa shape index (κ1) is 24.1. The van der Waals surface area contributed by atoms with Crippen LogP contribution >= 0.6 is 0 Å². The minimum atomic E-state index is -3.92. The minimum absolute atomic E-state index is 0.136. The summed E-state index contributed by atoms with van der Waals surface area (Å²) in [5, 5.41) is 3.16. The van der Waals surface area contributed by atoms with E-state index >= 15 is 0 Å². The van der Waals surface area contributed by atoms with Crippen LogP contribution in [0.4, 0.5) is 4.39 Å². The summed E-state index contributed by atoms with van der Waals surface area (Å²) in [6.45, 7) is 2.96. The van der Waals surface area contributed by atoms with Crippen molar-refractivity contribution >= 4 is 15.9 Å². The zero-order valence-corrected chi connectivity index (χ0v) is 19.8. The maximum absolute atomic E-state index is 14.1. The van der Waals surface area contributed by atoms with Gasteiger partial charge in [-0.15, -0.1) is 0 Å². The van der Waals surface area contributed by atoms with Crippen molar-refractivity contribution < 1.29 is 17.6 Å². The summed E-state index contributed by atoms with van der Waals surface area (Å²) in [4.78, 5) is 14.8. The maximum Gasteiger partial charge on any atom is 0.246 e. The van der Waals surface area contributed by atoms with Crippen LogP contribution < -0.4 is 5.32 Å². The van der Waals surface area contributed by atoms with Gasteiger partial charge in [0.2, 0.25) is 15.9 Å². The Morgan fingerprint density at radius 3 is 1.85 bits per heavy atom. The van der Waals surface area contributed by atoms with Gasteiger partial charge in [0.1, 0.15) is 10.7 Å². The van der Waals surface area contributed by atoms with Gasteiger partial charge in [0.25, 0.3) is 0 Å². The summed E-state index contributed by atoms with van der Waals surface area (Å²) in [5.41, 5.74) is 1.96. The Balaban J connectivity index is 1.43. The van der Waals surface area contributed by atoms with Crippen LogP contribution in [0.5, 0.6) is 0 Å². The van der Waals surface area contributed by atoms with E-state index in [9.17, 15) is 17.6 Å². The van der Waals surface area contributed by atoms with Gasteiger partial charge in [-0.05, 0) is 30.2 Å². The molecule has 178 valence electrons. The molecule has 0 bridgehead atoms. The molecule has 8 heteroatoms. The Kier molecular flexibility index (Phi) is 7.41. The number of amides is 1. The van der Waals surface area contributed by atoms with Crippen molar-refractivity contribution in [3.05, 3.63) is 102 Å². The van der Waals surface area contributed by atoms with Gasteiger partial charge in [-0.1, -0.05) is 72.8 Å². The van der Waals surface area contributed by atoms with Gasteiger partial charge in [-0.3, -0.25) is 9.69 Å². The lowest BCUT2D eigenvalue weighted by Crippen LogP contribution is -2.55. The Bertz CT molecular complexity index is 1170. The SMILES string of the molecule is C[C@H](C(=O)NC(c1ccccc1)c1ccccc1)N1CCN(S(=O)(=O)c2ccccc2F)CC1. The highest BCUT2D eigenvalue weighted by Crippen LogP contribution is 2.23. The molecule has 1 N–H and O–H groups in total. The summed E-state index contributed by atoms with van der Waals surface area (Å²) in [5.74, 6) is -0.895. The Morgan fingerprint density at radius 1 is 0.824 bits per heavy atom. The van der Waals surface area contributed by atoms with Crippen molar-refractivity contribution in [2.75, 3.05) is 26.2 Å². The molecule has 0 aliphatic carbocycles. The third kappa shape index (κ3) is 5.19. The number of rotatable bonds is 7. The first-order chi connectivity index (χ1) is 16.4. The Morgan fingerprint density at radius 2 is 1.32 bits per heavy atom. The van der Waals surface area contributed by atoms with Crippen LogP contribution in [0.3, 0.4) is 0 Å². The third-order valence-electron chi connectivity index (χ3n) is 6.21. The van der Waals surface area contributed by atoms with Crippen LogP contribution in [-0.2, 0) is 14.8 Å². The van der Waals surface area contributed by atoms with Crippen molar-refractivity contribution in [1.82, 2.24) is 14.5 Å². The van der Waals surface area contributed by atoms with Gasteiger partial charge in [-0.2, -0.15) is 4.31 Å². The average molecular weight is 482 g/mol. The largest absolute Gasteiger partial charge is 0.344 e. The molecule has 1 saturated heterocycles. The number of halogens is 1. The van der Waals surface area contributed by atoms with Crippen LogP contribution in [-0.4, -0.2) is 55.8 Å². The van der Waals surface area contributed by atoms with E-state index in [-0.39, 0.29) is 29.9 Å². The van der Waals surface area contributed by atoms with Crippen LogP contribution in [0.2, 0.25) is 0 Å². The molecule has 0 radical (unpaired) electrons. The summed E-state index contributed by atoms with van der Waals surface area (Å²) >= 11 is 0. The summed E-state index contributed by atoms with van der Waals surface area (Å²) in [6.07, 6.45) is 0. The fourth-order valence-corrected chi connectivity index (χ4v) is 5.69. The van der Waals surface area contributed by atoms with Gasteiger partial charge >= 0.3 is 0 Å². The van der Waals surface area contributed by atoms with Gasteiger partial charge in [-0.25, -0.2) is 12.8 Å². The van der Waals surface area contributed by atoms with Crippen LogP contribution in [0, 0.1) is 5.82 Å². The molecule has 34 heavy (non-hydrogen) atoms. The van der Waals surface area contributed by atoms with E-state index in [4.69, 9.17) is 0 Å². The standard InChI is InChI=1S/C26H28FN3O3S/c1-20(26(31)28-25(21-10-4-2-5-11-21)22-12-6-3-7-13-22)29-16-18-30(19-17-29)34(32,33)24-15-9-8-14-23(24)27/h2-15,20,25H,16-19H2,1H3,(H,28,31)/t20-/m1/s1. The minimum Gasteiger partial charge on any atom is -0.344 e. The topological polar surface area (TPSA) is 69.7 Å². The molecule has 1 atom stereocenters. The highest BCUT2D eigenvalue weighted by atomic mass is 32.2. The molecule has 1 amide bonds. The number of carbonyl (C=O) groups excluding carboxylic acids is 1. The number of nitrogens with zero attached hydrogens (tertiary/aromatic N) is 2. The summed E-state index contributed by atoms with van der Waals surface area (Å²) < 4.78 is 41.1. The predicted molar refractivity (Wildman–Crippen MR) is 129 cm³/mol. The molecular weight excluding hydrogens is 453 g/mol. The first-order valence-electron chi connectivity index (χ1n) is 11.3. The molecule has 3 aromatic carbocycles. The molecule has 0 aromatic heterocycles. The average Bonchev–Trinajstić information content (AvgIpc) is 2.88. The second kappa shape index (κ2) is 10.5. The summed E-state index contributed by atoms with van der Waals surface area (Å²) in [7, 11) is -3.92. The quantitative estimate of drug-likeness (QED) is 0.562. The van der Waals surface area contributed by atoms with Crippen molar-refractivity contribution in [3.63, 3.8) is 0 Å². The lowest BCUT2D eigenvalue weighted by atomic mass is 9.98. The number of hydrogen-bond acceptors (Lipinski definition) is 4. The van der Waals surface area contributed by atoms with E-state index in [2.05, 4.69) is 5.32 Å². The number of piperazine rings is 1. The molecule has 0 unspecified atom stereocenters. The van der Waals surface area contributed by atoms with Crippen molar-refractivity contribution in [2.45, 2.75) is 23.9 Å². The second-order valence-electron chi connectivity index (χ2n) is 8.31. The van der Waals surface area contributed by atoms with Crippen LogP contribution in [0.25, 0.3) is 0 Å². The number of benzene rings is 3. The molecule has 1 aliphatic rings. The van der Waals surface area contributed by atoms with E-state index in [1.54, 1.807) is 0 Å². The van der Waals surface area contributed by atoms with Crippen molar-refractivity contribution in [3.8, 4) is 0 Å². The van der Waals surface area contributed by atoms with Gasteiger partial charge in [0.05, 0.1) is 12.1 Å². The number of carbonyl (C=O) groups is 1. The van der Waals surface area contributed by atoms with Crippen molar-refractivity contribution in [2.24, 2.45) is 0 Å². The second-order valence-corrected chi connectivity index (χ2v) is 10.2. The zero-order valence-electron chi connectivity index (χ0n) is 19.0. The van der Waals surface area contributed by atoms with E-state index in [0.29, 0.717) is 13.1 Å². The molecule has 1 aliphatic heterocycles. The highest BCUT2D eigenvalue weighted by Gasteiger charge is 2.33. The lowest BCUT2D eigenvalue weighted by Gasteiger charge is -2.37. The van der Waals surface area contributed by atoms with E-state index < -0.39 is 21.9 Å². The number of hydrogen-bond donors (Lipinski definition) is 1. The lowest BCUT2D eigenvalue weighted by molar-refractivity contribution is -0.126. The van der Waals surface area contributed by atoms with E-state index in [1.165, 1.54) is 22.5 Å². The van der Waals surface area contributed by atoms with Crippen molar-refractivity contribution in [1.29, 1.82) is 0 Å².